The van der Waals surface area contributed by atoms with Crippen molar-refractivity contribution in [2.75, 3.05) is 32.8 Å². The van der Waals surface area contributed by atoms with Crippen LogP contribution in [-0.4, -0.2) is 43.9 Å². The fourth-order valence-corrected chi connectivity index (χ4v) is 2.80. The molecule has 1 heterocycles. The summed E-state index contributed by atoms with van der Waals surface area (Å²) in [5, 5.41) is 3.30. The van der Waals surface area contributed by atoms with E-state index in [1.807, 2.05) is 24.3 Å². The largest absolute Gasteiger partial charge is 0.481 e. The molecule has 0 spiro atoms. The zero-order chi connectivity index (χ0) is 16.7. The highest BCUT2D eigenvalue weighted by Crippen LogP contribution is 2.23. The SMILES string of the molecule is C#CCOc1ccccc1CNCC1CCN(CC(F)(F)F)C1. The van der Waals surface area contributed by atoms with Crippen LogP contribution in [0.4, 0.5) is 13.2 Å². The van der Waals surface area contributed by atoms with E-state index in [2.05, 4.69) is 11.2 Å². The minimum atomic E-state index is -4.12. The minimum absolute atomic E-state index is 0.214. The fourth-order valence-electron chi connectivity index (χ4n) is 2.80. The quantitative estimate of drug-likeness (QED) is 0.780. The highest BCUT2D eigenvalue weighted by atomic mass is 19.4. The molecule has 0 bridgehead atoms. The lowest BCUT2D eigenvalue weighted by molar-refractivity contribution is -0.143. The summed E-state index contributed by atoms with van der Waals surface area (Å²) in [6.45, 7) is 1.70. The zero-order valence-electron chi connectivity index (χ0n) is 12.9. The van der Waals surface area contributed by atoms with Gasteiger partial charge in [-0.15, -0.1) is 6.42 Å². The number of para-hydroxylation sites is 1. The molecule has 23 heavy (non-hydrogen) atoms. The predicted octanol–water partition coefficient (Wildman–Crippen LogP) is 2.67. The molecular weight excluding hydrogens is 305 g/mol. The summed E-state index contributed by atoms with van der Waals surface area (Å²) < 4.78 is 42.6. The van der Waals surface area contributed by atoms with Crippen LogP contribution in [-0.2, 0) is 6.54 Å². The third kappa shape index (κ3) is 6.12. The van der Waals surface area contributed by atoms with Crippen LogP contribution in [0, 0.1) is 18.3 Å². The van der Waals surface area contributed by atoms with Crippen molar-refractivity contribution >= 4 is 0 Å². The molecule has 126 valence electrons. The maximum absolute atomic E-state index is 12.4. The predicted molar refractivity (Wildman–Crippen MR) is 83.1 cm³/mol. The van der Waals surface area contributed by atoms with Gasteiger partial charge in [0.15, 0.2) is 0 Å². The number of rotatable bonds is 7. The van der Waals surface area contributed by atoms with Crippen molar-refractivity contribution in [3.05, 3.63) is 29.8 Å². The van der Waals surface area contributed by atoms with E-state index >= 15 is 0 Å². The van der Waals surface area contributed by atoms with Crippen molar-refractivity contribution in [2.24, 2.45) is 5.92 Å². The van der Waals surface area contributed by atoms with Crippen LogP contribution < -0.4 is 10.1 Å². The molecule has 0 aromatic heterocycles. The Morgan fingerprint density at radius 3 is 2.87 bits per heavy atom. The molecule has 1 atom stereocenters. The standard InChI is InChI=1S/C17H21F3N2O/c1-2-9-23-16-6-4-3-5-15(16)11-21-10-14-7-8-22(12-14)13-17(18,19)20/h1,3-6,14,21H,7-13H2. The summed E-state index contributed by atoms with van der Waals surface area (Å²) in [5.41, 5.74) is 0.993. The smallest absolute Gasteiger partial charge is 0.401 e. The molecule has 1 aliphatic heterocycles. The van der Waals surface area contributed by atoms with Gasteiger partial charge in [-0.3, -0.25) is 4.90 Å². The number of ether oxygens (including phenoxy) is 1. The van der Waals surface area contributed by atoms with Gasteiger partial charge >= 0.3 is 6.18 Å². The van der Waals surface area contributed by atoms with Crippen molar-refractivity contribution in [3.8, 4) is 18.1 Å². The maximum atomic E-state index is 12.4. The average Bonchev–Trinajstić information content (AvgIpc) is 2.91. The van der Waals surface area contributed by atoms with Gasteiger partial charge < -0.3 is 10.1 Å². The average molecular weight is 326 g/mol. The molecule has 6 heteroatoms. The van der Waals surface area contributed by atoms with Crippen LogP contribution in [0.1, 0.15) is 12.0 Å². The van der Waals surface area contributed by atoms with Crippen molar-refractivity contribution in [3.63, 3.8) is 0 Å². The Bertz CT molecular complexity index is 539. The second-order valence-corrected chi connectivity index (χ2v) is 5.74. The molecule has 0 amide bonds. The van der Waals surface area contributed by atoms with Crippen molar-refractivity contribution in [1.29, 1.82) is 0 Å². The first-order valence-electron chi connectivity index (χ1n) is 7.62. The molecule has 0 radical (unpaired) electrons. The van der Waals surface area contributed by atoms with Crippen LogP contribution in [0.15, 0.2) is 24.3 Å². The molecule has 0 aliphatic carbocycles. The number of likely N-dealkylation sites (tertiary alicyclic amines) is 1. The number of hydrogen-bond donors (Lipinski definition) is 1. The van der Waals surface area contributed by atoms with Gasteiger partial charge in [0, 0.05) is 18.7 Å². The number of alkyl halides is 3. The highest BCUT2D eigenvalue weighted by molar-refractivity contribution is 5.33. The lowest BCUT2D eigenvalue weighted by Gasteiger charge is -2.18. The van der Waals surface area contributed by atoms with Crippen molar-refractivity contribution in [2.45, 2.75) is 19.1 Å². The summed E-state index contributed by atoms with van der Waals surface area (Å²) in [4.78, 5) is 1.47. The first-order chi connectivity index (χ1) is 11.0. The van der Waals surface area contributed by atoms with Gasteiger partial charge in [0.05, 0.1) is 6.54 Å². The molecule has 2 rings (SSSR count). The number of benzene rings is 1. The normalized spacial score (nSPS) is 18.8. The number of hydrogen-bond acceptors (Lipinski definition) is 3. The summed E-state index contributed by atoms with van der Waals surface area (Å²) in [6.07, 6.45) is 1.87. The van der Waals surface area contributed by atoms with Gasteiger partial charge in [0.1, 0.15) is 12.4 Å². The molecule has 1 fully saturated rings. The highest BCUT2D eigenvalue weighted by Gasteiger charge is 2.34. The van der Waals surface area contributed by atoms with Gasteiger partial charge in [-0.25, -0.2) is 0 Å². The van der Waals surface area contributed by atoms with E-state index in [0.29, 0.717) is 26.2 Å². The molecule has 1 aliphatic rings. The van der Waals surface area contributed by atoms with Gasteiger partial charge in [-0.05, 0) is 31.5 Å². The van der Waals surface area contributed by atoms with Gasteiger partial charge in [0.25, 0.3) is 0 Å². The molecule has 1 aromatic rings. The summed E-state index contributed by atoms with van der Waals surface area (Å²) in [6, 6.07) is 7.60. The summed E-state index contributed by atoms with van der Waals surface area (Å²) in [7, 11) is 0. The van der Waals surface area contributed by atoms with E-state index in [1.165, 1.54) is 4.90 Å². The lowest BCUT2D eigenvalue weighted by atomic mass is 10.1. The van der Waals surface area contributed by atoms with Gasteiger partial charge in [0.2, 0.25) is 0 Å². The third-order valence-electron chi connectivity index (χ3n) is 3.80. The second kappa shape index (κ2) is 8.23. The molecule has 1 unspecified atom stereocenters. The van der Waals surface area contributed by atoms with Crippen molar-refractivity contribution in [1.82, 2.24) is 10.2 Å². The molecule has 1 saturated heterocycles. The van der Waals surface area contributed by atoms with Crippen LogP contribution in [0.5, 0.6) is 5.75 Å². The number of terminal acetylenes is 1. The first kappa shape index (κ1) is 17.6. The number of nitrogens with zero attached hydrogens (tertiary/aromatic N) is 1. The second-order valence-electron chi connectivity index (χ2n) is 5.74. The maximum Gasteiger partial charge on any atom is 0.401 e. The molecule has 0 saturated carbocycles. The Hall–Kier alpha value is -1.71. The Morgan fingerprint density at radius 2 is 2.13 bits per heavy atom. The Kier molecular flexibility index (Phi) is 6.31. The monoisotopic (exact) mass is 326 g/mol. The van der Waals surface area contributed by atoms with Gasteiger partial charge in [-0.2, -0.15) is 13.2 Å². The third-order valence-corrected chi connectivity index (χ3v) is 3.80. The first-order valence-corrected chi connectivity index (χ1v) is 7.62. The summed E-state index contributed by atoms with van der Waals surface area (Å²) in [5.74, 6) is 3.41. The van der Waals surface area contributed by atoms with Crippen LogP contribution >= 0.6 is 0 Å². The molecule has 1 N–H and O–H groups in total. The summed E-state index contributed by atoms with van der Waals surface area (Å²) >= 11 is 0. The lowest BCUT2D eigenvalue weighted by Crippen LogP contribution is -2.33. The van der Waals surface area contributed by atoms with E-state index in [1.54, 1.807) is 0 Å². The topological polar surface area (TPSA) is 24.5 Å². The van der Waals surface area contributed by atoms with E-state index in [4.69, 9.17) is 11.2 Å². The van der Waals surface area contributed by atoms with Crippen molar-refractivity contribution < 1.29 is 17.9 Å². The molecular formula is C17H21F3N2O. The molecule has 1 aromatic carbocycles. The minimum Gasteiger partial charge on any atom is -0.481 e. The fraction of sp³-hybridized carbons (Fsp3) is 0.529. The Morgan fingerprint density at radius 1 is 1.35 bits per heavy atom. The number of halogens is 3. The van der Waals surface area contributed by atoms with E-state index < -0.39 is 12.7 Å². The van der Waals surface area contributed by atoms with E-state index in [-0.39, 0.29) is 12.5 Å². The van der Waals surface area contributed by atoms with Gasteiger partial charge in [-0.1, -0.05) is 24.1 Å². The van der Waals surface area contributed by atoms with Crippen LogP contribution in [0.25, 0.3) is 0 Å². The Balaban J connectivity index is 1.75. The Labute approximate surface area is 134 Å². The van der Waals surface area contributed by atoms with Crippen LogP contribution in [0.2, 0.25) is 0 Å². The van der Waals surface area contributed by atoms with E-state index in [9.17, 15) is 13.2 Å². The number of nitrogens with one attached hydrogen (secondary N) is 1. The van der Waals surface area contributed by atoms with Crippen LogP contribution in [0.3, 0.4) is 0 Å². The molecule has 3 nitrogen and oxygen atoms in total. The zero-order valence-corrected chi connectivity index (χ0v) is 12.9. The van der Waals surface area contributed by atoms with E-state index in [0.717, 1.165) is 17.7 Å².